The molecule has 6 heteroatoms. The van der Waals surface area contributed by atoms with Gasteiger partial charge in [0.25, 0.3) is 5.56 Å². The van der Waals surface area contributed by atoms with Crippen molar-refractivity contribution in [3.05, 3.63) is 45.1 Å². The Morgan fingerprint density at radius 2 is 1.90 bits per heavy atom. The quantitative estimate of drug-likeness (QED) is 0.436. The molecule has 0 radical (unpaired) electrons. The summed E-state index contributed by atoms with van der Waals surface area (Å²) in [5.41, 5.74) is 1.91. The molecule has 1 atom stereocenters. The minimum absolute atomic E-state index is 0.000987. The summed E-state index contributed by atoms with van der Waals surface area (Å²) < 4.78 is 1.58. The van der Waals surface area contributed by atoms with E-state index >= 15 is 0 Å². The zero-order chi connectivity index (χ0) is 19.5. The van der Waals surface area contributed by atoms with E-state index in [0.29, 0.717) is 11.6 Å². The molecule has 0 unspecified atom stereocenters. The van der Waals surface area contributed by atoms with E-state index in [1.807, 2.05) is 6.07 Å². The summed E-state index contributed by atoms with van der Waals surface area (Å²) in [4.78, 5) is 23.2. The van der Waals surface area contributed by atoms with Crippen molar-refractivity contribution < 1.29 is 0 Å². The second-order valence-electron chi connectivity index (χ2n) is 8.60. The van der Waals surface area contributed by atoms with Crippen molar-refractivity contribution in [2.24, 2.45) is 5.92 Å². The maximum absolute atomic E-state index is 13.6. The van der Waals surface area contributed by atoms with Crippen molar-refractivity contribution in [1.29, 1.82) is 0 Å². The molecule has 1 fully saturated rings. The lowest BCUT2D eigenvalue weighted by Crippen LogP contribution is -2.32. The first-order chi connectivity index (χ1) is 14.2. The highest BCUT2D eigenvalue weighted by Crippen LogP contribution is 2.37. The summed E-state index contributed by atoms with van der Waals surface area (Å²) in [5, 5.41) is 7.81. The maximum Gasteiger partial charge on any atom is 0.283 e. The molecule has 6 rings (SSSR count). The third-order valence-electron chi connectivity index (χ3n) is 6.57. The minimum atomic E-state index is 0.000987. The Bertz CT molecular complexity index is 1320. The highest BCUT2D eigenvalue weighted by Gasteiger charge is 2.25. The lowest BCUT2D eigenvalue weighted by molar-refractivity contribution is 0.509. The molecule has 1 aliphatic carbocycles. The van der Waals surface area contributed by atoms with E-state index < -0.39 is 0 Å². The van der Waals surface area contributed by atoms with Crippen molar-refractivity contribution in [2.45, 2.75) is 45.4 Å². The van der Waals surface area contributed by atoms with Crippen molar-refractivity contribution in [1.82, 2.24) is 14.6 Å². The maximum atomic E-state index is 13.6. The molecule has 5 nitrogen and oxygen atoms in total. The Balaban J connectivity index is 1.69. The molecular weight excluding hydrogens is 380 g/mol. The number of anilines is 1. The van der Waals surface area contributed by atoms with Crippen LogP contribution in [-0.2, 0) is 12.8 Å². The number of nitrogens with zero attached hydrogens (tertiary/aromatic N) is 4. The van der Waals surface area contributed by atoms with Gasteiger partial charge in [-0.25, -0.2) is 4.98 Å². The first-order valence-electron chi connectivity index (χ1n) is 10.7. The van der Waals surface area contributed by atoms with Crippen LogP contribution in [0.4, 0.5) is 5.82 Å². The monoisotopic (exact) mass is 404 g/mol. The molecule has 3 aromatic heterocycles. The van der Waals surface area contributed by atoms with Crippen LogP contribution in [0.5, 0.6) is 0 Å². The van der Waals surface area contributed by atoms with Gasteiger partial charge in [0.15, 0.2) is 11.5 Å². The molecule has 0 amide bonds. The number of aromatic nitrogens is 3. The number of fused-ring (bicyclic) bond motifs is 6. The van der Waals surface area contributed by atoms with E-state index in [9.17, 15) is 4.79 Å². The van der Waals surface area contributed by atoms with Crippen molar-refractivity contribution in [3.8, 4) is 0 Å². The second kappa shape index (κ2) is 6.52. The van der Waals surface area contributed by atoms with Gasteiger partial charge in [0, 0.05) is 28.7 Å². The van der Waals surface area contributed by atoms with Gasteiger partial charge >= 0.3 is 0 Å². The molecule has 0 saturated carbocycles. The fourth-order valence-corrected chi connectivity index (χ4v) is 6.38. The van der Waals surface area contributed by atoms with E-state index in [1.165, 1.54) is 29.7 Å². The summed E-state index contributed by atoms with van der Waals surface area (Å²) >= 11 is 1.71. The van der Waals surface area contributed by atoms with Gasteiger partial charge in [-0.3, -0.25) is 4.79 Å². The first kappa shape index (κ1) is 17.4. The van der Waals surface area contributed by atoms with Crippen LogP contribution in [0.2, 0.25) is 0 Å². The van der Waals surface area contributed by atoms with Gasteiger partial charge in [0.1, 0.15) is 4.83 Å². The third kappa shape index (κ3) is 2.61. The highest BCUT2D eigenvalue weighted by molar-refractivity contribution is 7.18. The van der Waals surface area contributed by atoms with Gasteiger partial charge in [0.2, 0.25) is 0 Å². The zero-order valence-corrected chi connectivity index (χ0v) is 17.5. The van der Waals surface area contributed by atoms with Gasteiger partial charge in [-0.2, -0.15) is 4.52 Å². The van der Waals surface area contributed by atoms with Crippen LogP contribution in [-0.4, -0.2) is 27.7 Å². The number of thiophene rings is 1. The van der Waals surface area contributed by atoms with E-state index in [-0.39, 0.29) is 5.56 Å². The Hall–Kier alpha value is -2.47. The van der Waals surface area contributed by atoms with Crippen LogP contribution in [0.25, 0.3) is 26.6 Å². The van der Waals surface area contributed by atoms with Gasteiger partial charge in [-0.05, 0) is 50.0 Å². The lowest BCUT2D eigenvalue weighted by Gasteiger charge is -2.28. The largest absolute Gasteiger partial charge is 0.355 e. The van der Waals surface area contributed by atoms with E-state index in [4.69, 9.17) is 10.1 Å². The number of hydrogen-bond donors (Lipinski definition) is 0. The molecular formula is C23H24N4OS. The minimum Gasteiger partial charge on any atom is -0.355 e. The third-order valence-corrected chi connectivity index (χ3v) is 7.71. The van der Waals surface area contributed by atoms with Crippen LogP contribution in [0, 0.1) is 5.92 Å². The Morgan fingerprint density at radius 1 is 1.10 bits per heavy atom. The van der Waals surface area contributed by atoms with Crippen molar-refractivity contribution >= 4 is 43.8 Å². The Kier molecular flexibility index (Phi) is 3.91. The predicted molar refractivity (Wildman–Crippen MR) is 119 cm³/mol. The molecule has 4 heterocycles. The van der Waals surface area contributed by atoms with E-state index in [1.54, 1.807) is 15.9 Å². The topological polar surface area (TPSA) is 50.5 Å². The molecule has 2 aliphatic rings. The van der Waals surface area contributed by atoms with E-state index in [2.05, 4.69) is 30.0 Å². The number of aryl methyl sites for hydroxylation is 1. The predicted octanol–water partition coefficient (Wildman–Crippen LogP) is 4.57. The SMILES string of the molecule is C[C@@H]1CCc2c(sc3nc4c5ccccc5c(N5CCCCC5)nn4c(=O)c23)C1. The average molecular weight is 405 g/mol. The smallest absolute Gasteiger partial charge is 0.283 e. The molecule has 148 valence electrons. The van der Waals surface area contributed by atoms with E-state index in [0.717, 1.165) is 59.2 Å². The van der Waals surface area contributed by atoms with Gasteiger partial charge < -0.3 is 4.90 Å². The Morgan fingerprint density at radius 3 is 2.72 bits per heavy atom. The number of piperidine rings is 1. The standard InChI is InChI=1S/C23H24N4OS/c1-14-9-10-17-18(13-14)29-22-19(17)23(28)27-20(24-22)15-7-3-4-8-16(15)21(25-27)26-11-5-2-6-12-26/h3-4,7-8,14H,2,5-6,9-13H2,1H3/t14-/m1/s1. The van der Waals surface area contributed by atoms with Crippen LogP contribution < -0.4 is 10.5 Å². The van der Waals surface area contributed by atoms with Crippen LogP contribution in [0.15, 0.2) is 29.1 Å². The summed E-state index contributed by atoms with van der Waals surface area (Å²) in [6.45, 7) is 4.29. The lowest BCUT2D eigenvalue weighted by atomic mass is 9.89. The molecule has 0 spiro atoms. The van der Waals surface area contributed by atoms with Crippen LogP contribution >= 0.6 is 11.3 Å². The molecule has 0 N–H and O–H groups in total. The number of rotatable bonds is 1. The molecule has 1 saturated heterocycles. The summed E-state index contributed by atoms with van der Waals surface area (Å²) in [6, 6.07) is 8.27. The number of hydrogen-bond acceptors (Lipinski definition) is 5. The van der Waals surface area contributed by atoms with Crippen molar-refractivity contribution in [2.75, 3.05) is 18.0 Å². The zero-order valence-electron chi connectivity index (χ0n) is 16.6. The highest BCUT2D eigenvalue weighted by atomic mass is 32.1. The molecule has 1 aromatic carbocycles. The molecule has 29 heavy (non-hydrogen) atoms. The fourth-order valence-electron chi connectivity index (χ4n) is 5.01. The van der Waals surface area contributed by atoms with Gasteiger partial charge in [-0.1, -0.05) is 31.2 Å². The normalized spacial score (nSPS) is 19.9. The van der Waals surface area contributed by atoms with Crippen LogP contribution in [0.3, 0.4) is 0 Å². The Labute approximate surface area is 173 Å². The fraction of sp³-hybridized carbons (Fsp3) is 0.435. The second-order valence-corrected chi connectivity index (χ2v) is 9.68. The summed E-state index contributed by atoms with van der Waals surface area (Å²) in [5.74, 6) is 1.60. The molecule has 1 aliphatic heterocycles. The van der Waals surface area contributed by atoms with Gasteiger partial charge in [-0.15, -0.1) is 16.4 Å². The summed E-state index contributed by atoms with van der Waals surface area (Å²) in [7, 11) is 0. The summed E-state index contributed by atoms with van der Waals surface area (Å²) in [6.07, 6.45) is 6.80. The number of benzene rings is 1. The van der Waals surface area contributed by atoms with Crippen molar-refractivity contribution in [3.63, 3.8) is 0 Å². The first-order valence-corrected chi connectivity index (χ1v) is 11.5. The van der Waals surface area contributed by atoms with Crippen LogP contribution in [0.1, 0.15) is 43.0 Å². The molecule has 4 aromatic rings. The molecule has 0 bridgehead atoms. The van der Waals surface area contributed by atoms with Gasteiger partial charge in [0.05, 0.1) is 5.39 Å². The average Bonchev–Trinajstić information content (AvgIpc) is 3.11.